The summed E-state index contributed by atoms with van der Waals surface area (Å²) < 4.78 is 52.0. The molecule has 134 valence electrons. The molecule has 1 N–H and O–H groups in total. The highest BCUT2D eigenvalue weighted by Gasteiger charge is 2.31. The molecule has 1 saturated carbocycles. The Morgan fingerprint density at radius 1 is 1.00 bits per heavy atom. The number of hydrogen-bond acceptors (Lipinski definition) is 3. The van der Waals surface area contributed by atoms with Crippen molar-refractivity contribution in [3.63, 3.8) is 0 Å². The van der Waals surface area contributed by atoms with E-state index in [0.717, 1.165) is 31.4 Å². The average Bonchev–Trinajstić information content (AvgIpc) is 3.01. The first-order chi connectivity index (χ1) is 11.9. The number of benzene rings is 2. The summed E-state index contributed by atoms with van der Waals surface area (Å²) in [7, 11) is -3.47. The van der Waals surface area contributed by atoms with Gasteiger partial charge in [-0.15, -0.1) is 0 Å². The minimum Gasteiger partial charge on any atom is -0.396 e. The van der Waals surface area contributed by atoms with Crippen LogP contribution in [0, 0.1) is 23.5 Å². The molecule has 0 spiro atoms. The van der Waals surface area contributed by atoms with E-state index in [1.165, 1.54) is 30.3 Å². The van der Waals surface area contributed by atoms with Crippen LogP contribution in [0.2, 0.25) is 0 Å². The lowest BCUT2D eigenvalue weighted by Crippen LogP contribution is -2.22. The lowest BCUT2D eigenvalue weighted by Gasteiger charge is -2.17. The Labute approximate surface area is 146 Å². The van der Waals surface area contributed by atoms with Gasteiger partial charge in [0, 0.05) is 18.2 Å². The Bertz CT molecular complexity index is 847. The first kappa shape index (κ1) is 18.0. The Hall–Kier alpha value is -1.79. The van der Waals surface area contributed by atoms with E-state index in [9.17, 15) is 22.3 Å². The summed E-state index contributed by atoms with van der Waals surface area (Å²) >= 11 is 0. The summed E-state index contributed by atoms with van der Waals surface area (Å²) in [5, 5.41) is 9.35. The van der Waals surface area contributed by atoms with Crippen molar-refractivity contribution in [2.24, 2.45) is 11.8 Å². The molecule has 3 rings (SSSR count). The largest absolute Gasteiger partial charge is 0.396 e. The van der Waals surface area contributed by atoms with Gasteiger partial charge in [0.1, 0.15) is 11.6 Å². The second kappa shape index (κ2) is 7.22. The fourth-order valence-corrected chi connectivity index (χ4v) is 5.26. The number of halogens is 2. The number of hydrogen-bond donors (Lipinski definition) is 1. The van der Waals surface area contributed by atoms with E-state index in [2.05, 4.69) is 0 Å². The predicted molar refractivity (Wildman–Crippen MR) is 91.8 cm³/mol. The number of sulfone groups is 1. The van der Waals surface area contributed by atoms with Crippen LogP contribution in [0.25, 0.3) is 11.1 Å². The van der Waals surface area contributed by atoms with Gasteiger partial charge in [0.2, 0.25) is 0 Å². The van der Waals surface area contributed by atoms with Crippen LogP contribution < -0.4 is 0 Å². The highest BCUT2D eigenvalue weighted by atomic mass is 32.2. The van der Waals surface area contributed by atoms with E-state index >= 15 is 0 Å². The van der Waals surface area contributed by atoms with Crippen molar-refractivity contribution in [1.82, 2.24) is 0 Å². The van der Waals surface area contributed by atoms with Gasteiger partial charge in [-0.25, -0.2) is 17.2 Å². The molecule has 0 radical (unpaired) electrons. The minimum absolute atomic E-state index is 0.0164. The van der Waals surface area contributed by atoms with Crippen molar-refractivity contribution < 1.29 is 22.3 Å². The van der Waals surface area contributed by atoms with Crippen molar-refractivity contribution >= 4 is 9.84 Å². The van der Waals surface area contributed by atoms with Crippen molar-refractivity contribution in [2.45, 2.75) is 24.2 Å². The average molecular weight is 366 g/mol. The molecule has 6 heteroatoms. The second-order valence-electron chi connectivity index (χ2n) is 6.56. The molecule has 0 amide bonds. The van der Waals surface area contributed by atoms with Gasteiger partial charge < -0.3 is 5.11 Å². The highest BCUT2D eigenvalue weighted by Crippen LogP contribution is 2.34. The maximum absolute atomic E-state index is 13.8. The first-order valence-electron chi connectivity index (χ1n) is 8.30. The molecule has 0 aliphatic heterocycles. The zero-order valence-electron chi connectivity index (χ0n) is 13.7. The molecule has 1 aliphatic carbocycles. The minimum atomic E-state index is -3.47. The van der Waals surface area contributed by atoms with Crippen molar-refractivity contribution in [3.8, 4) is 11.1 Å². The molecule has 2 aromatic carbocycles. The maximum Gasteiger partial charge on any atom is 0.178 e. The van der Waals surface area contributed by atoms with Crippen molar-refractivity contribution in [3.05, 3.63) is 54.1 Å². The molecule has 0 aromatic heterocycles. The van der Waals surface area contributed by atoms with Gasteiger partial charge in [0.25, 0.3) is 0 Å². The monoisotopic (exact) mass is 366 g/mol. The van der Waals surface area contributed by atoms with Gasteiger partial charge >= 0.3 is 0 Å². The van der Waals surface area contributed by atoms with Crippen LogP contribution in [0.3, 0.4) is 0 Å². The van der Waals surface area contributed by atoms with E-state index in [-0.39, 0.29) is 34.7 Å². The Kier molecular flexibility index (Phi) is 5.20. The summed E-state index contributed by atoms with van der Waals surface area (Å²) in [6.07, 6.45) is 2.61. The van der Waals surface area contributed by atoms with Gasteiger partial charge in [0.05, 0.1) is 10.6 Å². The van der Waals surface area contributed by atoms with Crippen LogP contribution in [0.5, 0.6) is 0 Å². The topological polar surface area (TPSA) is 54.4 Å². The fraction of sp³-hybridized carbons (Fsp3) is 0.368. The van der Waals surface area contributed by atoms with E-state index < -0.39 is 21.5 Å². The third-order valence-corrected chi connectivity index (χ3v) is 6.80. The molecule has 0 heterocycles. The van der Waals surface area contributed by atoms with Gasteiger partial charge in [-0.1, -0.05) is 18.6 Å². The van der Waals surface area contributed by atoms with E-state index in [1.807, 2.05) is 0 Å². The lowest BCUT2D eigenvalue weighted by atomic mass is 9.99. The number of aliphatic hydroxyl groups is 1. The Morgan fingerprint density at radius 3 is 2.32 bits per heavy atom. The molecule has 3 nitrogen and oxygen atoms in total. The third kappa shape index (κ3) is 3.90. The van der Waals surface area contributed by atoms with E-state index in [4.69, 9.17) is 0 Å². The summed E-state index contributed by atoms with van der Waals surface area (Å²) in [5.74, 6) is -1.31. The molecular weight excluding hydrogens is 346 g/mol. The Morgan fingerprint density at radius 2 is 1.68 bits per heavy atom. The SMILES string of the molecule is O=S(=O)(C[C@H]1CCC[C@@H]1CO)c1ccc(-c2ccc(F)cc2F)cc1. The standard InChI is InChI=1S/C19H20F2O3S/c20-16-6-9-18(19(21)10-16)13-4-7-17(8-5-13)25(23,24)12-15-3-1-2-14(15)11-22/h4-10,14-15,22H,1-3,11-12H2/t14-,15-/m1/s1. The third-order valence-electron chi connectivity index (χ3n) is 4.94. The van der Waals surface area contributed by atoms with Gasteiger partial charge in [-0.2, -0.15) is 0 Å². The van der Waals surface area contributed by atoms with Crippen LogP contribution in [0.15, 0.2) is 47.4 Å². The van der Waals surface area contributed by atoms with Gasteiger partial charge in [-0.05, 0) is 54.5 Å². The lowest BCUT2D eigenvalue weighted by molar-refractivity contribution is 0.202. The maximum atomic E-state index is 13.8. The van der Waals surface area contributed by atoms with Crippen LogP contribution >= 0.6 is 0 Å². The predicted octanol–water partition coefficient (Wildman–Crippen LogP) is 3.81. The van der Waals surface area contributed by atoms with E-state index in [0.29, 0.717) is 5.56 Å². The molecule has 1 fully saturated rings. The van der Waals surface area contributed by atoms with Gasteiger partial charge in [-0.3, -0.25) is 0 Å². The van der Waals surface area contributed by atoms with Crippen LogP contribution in [0.1, 0.15) is 19.3 Å². The molecule has 25 heavy (non-hydrogen) atoms. The number of aliphatic hydroxyl groups excluding tert-OH is 1. The molecule has 1 aliphatic rings. The molecule has 2 aromatic rings. The van der Waals surface area contributed by atoms with Crippen molar-refractivity contribution in [1.29, 1.82) is 0 Å². The molecule has 0 bridgehead atoms. The van der Waals surface area contributed by atoms with Crippen molar-refractivity contribution in [2.75, 3.05) is 12.4 Å². The summed E-state index contributed by atoms with van der Waals surface area (Å²) in [4.78, 5) is 0.183. The van der Waals surface area contributed by atoms with Crippen LogP contribution in [0.4, 0.5) is 8.78 Å². The molecule has 0 unspecified atom stereocenters. The molecule has 0 saturated heterocycles. The summed E-state index contributed by atoms with van der Waals surface area (Å²) in [6.45, 7) is 0.0168. The van der Waals surface area contributed by atoms with Gasteiger partial charge in [0.15, 0.2) is 9.84 Å². The molecule has 2 atom stereocenters. The van der Waals surface area contributed by atoms with Crippen LogP contribution in [-0.4, -0.2) is 25.9 Å². The van der Waals surface area contributed by atoms with E-state index in [1.54, 1.807) is 0 Å². The second-order valence-corrected chi connectivity index (χ2v) is 8.60. The zero-order valence-corrected chi connectivity index (χ0v) is 14.5. The quantitative estimate of drug-likeness (QED) is 0.875. The normalized spacial score (nSPS) is 20.8. The fourth-order valence-electron chi connectivity index (χ4n) is 3.52. The highest BCUT2D eigenvalue weighted by molar-refractivity contribution is 7.91. The smallest absolute Gasteiger partial charge is 0.178 e. The first-order valence-corrected chi connectivity index (χ1v) is 9.95. The zero-order chi connectivity index (χ0) is 18.0. The summed E-state index contributed by atoms with van der Waals surface area (Å²) in [5.41, 5.74) is 0.715. The summed E-state index contributed by atoms with van der Waals surface area (Å²) in [6, 6.07) is 9.27. The Balaban J connectivity index is 1.81. The number of rotatable bonds is 5. The molecular formula is C19H20F2O3S. The van der Waals surface area contributed by atoms with Crippen LogP contribution in [-0.2, 0) is 9.84 Å².